The van der Waals surface area contributed by atoms with Gasteiger partial charge in [0.1, 0.15) is 5.52 Å². The van der Waals surface area contributed by atoms with E-state index in [9.17, 15) is 29.9 Å². The van der Waals surface area contributed by atoms with E-state index in [1.807, 2.05) is 79.7 Å². The lowest BCUT2D eigenvalue weighted by Crippen LogP contribution is -2.42. The molecule has 2 aromatic heterocycles. The number of aromatic nitrogens is 1. The van der Waals surface area contributed by atoms with E-state index in [0.29, 0.717) is 23.5 Å². The van der Waals surface area contributed by atoms with Crippen molar-refractivity contribution < 1.29 is 29.0 Å². The number of oxazole rings is 1. The molecule has 10 heteroatoms. The van der Waals surface area contributed by atoms with Gasteiger partial charge in [-0.15, -0.1) is 11.3 Å². The van der Waals surface area contributed by atoms with Crippen LogP contribution in [0.2, 0.25) is 0 Å². The topological polar surface area (TPSA) is 145 Å². The molecule has 3 aromatic carbocycles. The SMILES string of the molecule is C[C@H]([C@H](C/C=C/c1nc2ccccc2o1)c1ccc(C#N)cc1)N(Cc1cc2ccccc2s1)C(=O)C[C@H](CC(=O)O)C(=O)O. The Morgan fingerprint density at radius 3 is 2.44 bits per heavy atom. The molecule has 2 N–H and O–H groups in total. The number of carbonyl (C=O) groups is 3. The van der Waals surface area contributed by atoms with Gasteiger partial charge in [0.15, 0.2) is 5.58 Å². The number of allylic oxidation sites excluding steroid dienone is 1. The molecule has 0 bridgehead atoms. The van der Waals surface area contributed by atoms with Crippen LogP contribution < -0.4 is 0 Å². The molecule has 5 rings (SSSR count). The number of benzene rings is 3. The molecule has 45 heavy (non-hydrogen) atoms. The van der Waals surface area contributed by atoms with Crippen LogP contribution in [-0.4, -0.2) is 44.0 Å². The number of aliphatic carboxylic acids is 2. The van der Waals surface area contributed by atoms with Gasteiger partial charge >= 0.3 is 11.9 Å². The van der Waals surface area contributed by atoms with E-state index in [2.05, 4.69) is 11.1 Å². The summed E-state index contributed by atoms with van der Waals surface area (Å²) in [6, 6.07) is 26.2. The summed E-state index contributed by atoms with van der Waals surface area (Å²) < 4.78 is 6.90. The number of carboxylic acids is 2. The normalized spacial score (nSPS) is 13.4. The van der Waals surface area contributed by atoms with Crippen molar-refractivity contribution in [1.29, 1.82) is 5.26 Å². The Kier molecular flexibility index (Phi) is 9.70. The molecule has 0 unspecified atom stereocenters. The highest BCUT2D eigenvalue weighted by Crippen LogP contribution is 2.33. The third-order valence-electron chi connectivity index (χ3n) is 7.82. The number of hydrogen-bond acceptors (Lipinski definition) is 7. The summed E-state index contributed by atoms with van der Waals surface area (Å²) in [7, 11) is 0. The van der Waals surface area contributed by atoms with Crippen LogP contribution in [-0.2, 0) is 20.9 Å². The zero-order chi connectivity index (χ0) is 31.9. The average Bonchev–Trinajstić information content (AvgIpc) is 3.64. The van der Waals surface area contributed by atoms with E-state index in [1.165, 1.54) is 0 Å². The van der Waals surface area contributed by atoms with Gasteiger partial charge in [-0.25, -0.2) is 4.98 Å². The standard InChI is InChI=1S/C35H31N3O6S/c1-22(28(24-15-13-23(20-36)14-16-24)8-6-12-32-37-29-9-3-4-10-30(29)44-32)38(33(39)18-26(35(42)43)19-34(40)41)21-27-17-25-7-2-5-11-31(25)45-27/h2-7,9-17,22,26,28H,8,18-19,21H2,1H3,(H,40,41)(H,42,43)/b12-6+/t22-,26-,28+/m1/s1. The Labute approximate surface area is 263 Å². The summed E-state index contributed by atoms with van der Waals surface area (Å²) in [6.07, 6.45) is 3.08. The average molecular weight is 622 g/mol. The number of carboxylic acid groups (broad SMARTS) is 2. The Hall–Kier alpha value is -5.27. The van der Waals surface area contributed by atoms with Crippen LogP contribution >= 0.6 is 11.3 Å². The van der Waals surface area contributed by atoms with E-state index in [4.69, 9.17) is 4.42 Å². The lowest BCUT2D eigenvalue weighted by Gasteiger charge is -2.35. The molecule has 0 saturated heterocycles. The van der Waals surface area contributed by atoms with Crippen LogP contribution in [0.5, 0.6) is 0 Å². The highest BCUT2D eigenvalue weighted by molar-refractivity contribution is 7.19. The van der Waals surface area contributed by atoms with Gasteiger partial charge in [0.2, 0.25) is 11.8 Å². The van der Waals surface area contributed by atoms with Crippen molar-refractivity contribution in [3.63, 3.8) is 0 Å². The van der Waals surface area contributed by atoms with Crippen molar-refractivity contribution in [3.8, 4) is 6.07 Å². The zero-order valence-electron chi connectivity index (χ0n) is 24.5. The summed E-state index contributed by atoms with van der Waals surface area (Å²) in [5, 5.41) is 29.4. The zero-order valence-corrected chi connectivity index (χ0v) is 25.3. The molecule has 0 fully saturated rings. The minimum atomic E-state index is -1.36. The number of para-hydroxylation sites is 2. The maximum atomic E-state index is 13.9. The molecule has 1 amide bonds. The summed E-state index contributed by atoms with van der Waals surface area (Å²) >= 11 is 1.55. The van der Waals surface area contributed by atoms with Crippen molar-refractivity contribution in [2.45, 2.75) is 44.7 Å². The quantitative estimate of drug-likeness (QED) is 0.142. The number of thiophene rings is 1. The number of carbonyl (C=O) groups excluding carboxylic acids is 1. The fourth-order valence-electron chi connectivity index (χ4n) is 5.44. The molecule has 228 valence electrons. The molecule has 3 atom stereocenters. The van der Waals surface area contributed by atoms with E-state index >= 15 is 0 Å². The van der Waals surface area contributed by atoms with Crippen LogP contribution in [0.3, 0.4) is 0 Å². The van der Waals surface area contributed by atoms with E-state index in [-0.39, 0.29) is 12.5 Å². The van der Waals surface area contributed by atoms with Crippen LogP contribution in [0.15, 0.2) is 89.4 Å². The first-order valence-electron chi connectivity index (χ1n) is 14.5. The van der Waals surface area contributed by atoms with Gasteiger partial charge < -0.3 is 19.5 Å². The lowest BCUT2D eigenvalue weighted by molar-refractivity contribution is -0.151. The summed E-state index contributed by atoms with van der Waals surface area (Å²) in [5.41, 5.74) is 2.80. The molecule has 0 spiro atoms. The van der Waals surface area contributed by atoms with Gasteiger partial charge in [-0.05, 0) is 66.8 Å². The first-order chi connectivity index (χ1) is 21.7. The van der Waals surface area contributed by atoms with Gasteiger partial charge in [0, 0.05) is 28.0 Å². The molecular weight excluding hydrogens is 590 g/mol. The van der Waals surface area contributed by atoms with Crippen molar-refractivity contribution in [1.82, 2.24) is 9.88 Å². The largest absolute Gasteiger partial charge is 0.481 e. The summed E-state index contributed by atoms with van der Waals surface area (Å²) in [4.78, 5) is 44.3. The summed E-state index contributed by atoms with van der Waals surface area (Å²) in [5.74, 6) is -4.24. The number of fused-ring (bicyclic) bond motifs is 2. The summed E-state index contributed by atoms with van der Waals surface area (Å²) in [6.45, 7) is 2.13. The molecule has 0 aliphatic rings. The van der Waals surface area contributed by atoms with Gasteiger partial charge in [0.25, 0.3) is 0 Å². The first kappa shape index (κ1) is 31.2. The highest BCUT2D eigenvalue weighted by Gasteiger charge is 2.32. The van der Waals surface area contributed by atoms with Crippen LogP contribution in [0.25, 0.3) is 27.3 Å². The van der Waals surface area contributed by atoms with Gasteiger partial charge in [-0.3, -0.25) is 14.4 Å². The maximum absolute atomic E-state index is 13.9. The molecule has 2 heterocycles. The van der Waals surface area contributed by atoms with Crippen LogP contribution in [0, 0.1) is 17.2 Å². The number of hydrogen-bond donors (Lipinski definition) is 2. The van der Waals surface area contributed by atoms with Crippen molar-refractivity contribution in [2.24, 2.45) is 5.92 Å². The number of nitriles is 1. The molecular formula is C35H31N3O6S. The van der Waals surface area contributed by atoms with Crippen LogP contribution in [0.1, 0.15) is 54.0 Å². The Morgan fingerprint density at radius 1 is 1.02 bits per heavy atom. The maximum Gasteiger partial charge on any atom is 0.307 e. The molecule has 0 aliphatic carbocycles. The molecule has 9 nitrogen and oxygen atoms in total. The number of nitrogens with zero attached hydrogens (tertiary/aromatic N) is 3. The van der Waals surface area contributed by atoms with Crippen molar-refractivity contribution in [2.75, 3.05) is 0 Å². The second-order valence-electron chi connectivity index (χ2n) is 10.8. The third kappa shape index (κ3) is 7.63. The number of rotatable bonds is 13. The van der Waals surface area contributed by atoms with E-state index in [0.717, 1.165) is 26.0 Å². The molecule has 0 aliphatic heterocycles. The lowest BCUT2D eigenvalue weighted by atomic mass is 9.87. The Balaban J connectivity index is 1.49. The highest BCUT2D eigenvalue weighted by atomic mass is 32.1. The van der Waals surface area contributed by atoms with Crippen LogP contribution in [0.4, 0.5) is 0 Å². The van der Waals surface area contributed by atoms with Crippen molar-refractivity contribution >= 4 is 56.4 Å². The fourth-order valence-corrected chi connectivity index (χ4v) is 6.50. The molecule has 5 aromatic rings. The smallest absolute Gasteiger partial charge is 0.307 e. The van der Waals surface area contributed by atoms with Crippen molar-refractivity contribution in [3.05, 3.63) is 107 Å². The Morgan fingerprint density at radius 2 is 1.76 bits per heavy atom. The van der Waals surface area contributed by atoms with Gasteiger partial charge in [-0.2, -0.15) is 5.26 Å². The number of amides is 1. The molecule has 0 radical (unpaired) electrons. The van der Waals surface area contributed by atoms with Gasteiger partial charge in [0.05, 0.1) is 30.5 Å². The van der Waals surface area contributed by atoms with E-state index < -0.39 is 42.6 Å². The predicted molar refractivity (Wildman–Crippen MR) is 171 cm³/mol. The van der Waals surface area contributed by atoms with E-state index in [1.54, 1.807) is 34.4 Å². The first-order valence-corrected chi connectivity index (χ1v) is 15.3. The minimum Gasteiger partial charge on any atom is -0.481 e. The minimum absolute atomic E-state index is 0.223. The second kappa shape index (κ2) is 14.0. The van der Waals surface area contributed by atoms with Gasteiger partial charge in [-0.1, -0.05) is 48.5 Å². The predicted octanol–water partition coefficient (Wildman–Crippen LogP) is 7.08. The second-order valence-corrected chi connectivity index (χ2v) is 12.0. The molecule has 0 saturated carbocycles. The Bertz CT molecular complexity index is 1840. The fraction of sp³-hybridized carbons (Fsp3) is 0.229. The third-order valence-corrected chi connectivity index (χ3v) is 8.92. The monoisotopic (exact) mass is 621 g/mol.